The number of aromatic nitrogens is 2. The molecule has 4 nitrogen and oxygen atoms in total. The van der Waals surface area contributed by atoms with Crippen molar-refractivity contribution < 1.29 is 0 Å². The number of hydrogen-bond acceptors (Lipinski definition) is 3. The van der Waals surface area contributed by atoms with Crippen molar-refractivity contribution in [2.75, 3.05) is 25.0 Å². The third-order valence-electron chi connectivity index (χ3n) is 5.52. The quantitative estimate of drug-likeness (QED) is 0.920. The molecule has 1 aromatic rings. The molecule has 4 aliphatic rings. The molecule has 2 bridgehead atoms. The second kappa shape index (κ2) is 5.06. The Bertz CT molecular complexity index is 467. The average Bonchev–Trinajstić information content (AvgIpc) is 3.10. The van der Waals surface area contributed by atoms with Gasteiger partial charge in [0.15, 0.2) is 0 Å². The van der Waals surface area contributed by atoms with Crippen LogP contribution in [0.3, 0.4) is 0 Å². The Labute approximate surface area is 121 Å². The van der Waals surface area contributed by atoms with Crippen LogP contribution in [0.1, 0.15) is 50.3 Å². The highest BCUT2D eigenvalue weighted by atomic mass is 15.3. The summed E-state index contributed by atoms with van der Waals surface area (Å²) in [7, 11) is 0. The third kappa shape index (κ3) is 2.24. The van der Waals surface area contributed by atoms with Gasteiger partial charge in [-0.05, 0) is 51.6 Å². The van der Waals surface area contributed by atoms with Gasteiger partial charge in [0, 0.05) is 18.8 Å². The van der Waals surface area contributed by atoms with Gasteiger partial charge >= 0.3 is 0 Å². The van der Waals surface area contributed by atoms with Crippen molar-refractivity contribution in [3.05, 3.63) is 11.9 Å². The van der Waals surface area contributed by atoms with Gasteiger partial charge in [-0.2, -0.15) is 0 Å². The summed E-state index contributed by atoms with van der Waals surface area (Å²) in [6, 6.07) is 1.29. The number of rotatable bonds is 3. The fourth-order valence-corrected chi connectivity index (χ4v) is 4.38. The van der Waals surface area contributed by atoms with E-state index in [1.807, 2.05) is 0 Å². The zero-order chi connectivity index (χ0) is 13.5. The molecule has 1 N–H and O–H groups in total. The first-order valence-corrected chi connectivity index (χ1v) is 8.34. The smallest absolute Gasteiger partial charge is 0.203 e. The molecule has 5 rings (SSSR count). The third-order valence-corrected chi connectivity index (χ3v) is 5.52. The maximum atomic E-state index is 4.77. The highest BCUT2D eigenvalue weighted by Gasteiger charge is 2.36. The topological polar surface area (TPSA) is 33.1 Å². The second-order valence-electron chi connectivity index (χ2n) is 6.94. The molecule has 1 saturated carbocycles. The molecule has 1 atom stereocenters. The number of imidazole rings is 1. The molecule has 0 spiro atoms. The predicted octanol–water partition coefficient (Wildman–Crippen LogP) is 2.81. The Morgan fingerprint density at radius 2 is 1.90 bits per heavy atom. The van der Waals surface area contributed by atoms with Crippen molar-refractivity contribution in [3.63, 3.8) is 0 Å². The number of fused-ring (bicyclic) bond motifs is 3. The Morgan fingerprint density at radius 3 is 2.55 bits per heavy atom. The molecule has 0 amide bonds. The monoisotopic (exact) mass is 274 g/mol. The normalized spacial score (nSPS) is 33.8. The Morgan fingerprint density at radius 1 is 1.15 bits per heavy atom. The van der Waals surface area contributed by atoms with E-state index in [9.17, 15) is 0 Å². The van der Waals surface area contributed by atoms with Gasteiger partial charge in [-0.25, -0.2) is 4.98 Å². The average molecular weight is 274 g/mol. The van der Waals surface area contributed by atoms with Crippen LogP contribution in [0.5, 0.6) is 0 Å². The minimum Gasteiger partial charge on any atom is -0.353 e. The summed E-state index contributed by atoms with van der Waals surface area (Å²) < 4.78 is 2.46. The van der Waals surface area contributed by atoms with E-state index in [2.05, 4.69) is 27.9 Å². The minimum absolute atomic E-state index is 0.641. The fourth-order valence-electron chi connectivity index (χ4n) is 4.38. The van der Waals surface area contributed by atoms with Crippen molar-refractivity contribution in [3.8, 4) is 0 Å². The molecule has 3 aliphatic heterocycles. The van der Waals surface area contributed by atoms with Crippen LogP contribution in [0.25, 0.3) is 0 Å². The maximum Gasteiger partial charge on any atom is 0.203 e. The highest BCUT2D eigenvalue weighted by molar-refractivity contribution is 5.32. The minimum atomic E-state index is 0.641. The second-order valence-corrected chi connectivity index (χ2v) is 6.94. The zero-order valence-electron chi connectivity index (χ0n) is 12.5. The SMILES string of the molecule is Cc1cn(C2CN3CCC2CC3)c(NC2CCCC2)n1. The van der Waals surface area contributed by atoms with Crippen LogP contribution in [0.2, 0.25) is 0 Å². The zero-order valence-corrected chi connectivity index (χ0v) is 12.5. The van der Waals surface area contributed by atoms with Crippen molar-refractivity contribution in [2.45, 2.75) is 57.5 Å². The summed E-state index contributed by atoms with van der Waals surface area (Å²) in [6.07, 6.45) is 10.4. The largest absolute Gasteiger partial charge is 0.353 e. The Kier molecular flexibility index (Phi) is 3.21. The molecular weight excluding hydrogens is 248 g/mol. The first-order chi connectivity index (χ1) is 9.79. The molecule has 4 fully saturated rings. The predicted molar refractivity (Wildman–Crippen MR) is 81.0 cm³/mol. The van der Waals surface area contributed by atoms with Crippen molar-refractivity contribution >= 4 is 5.95 Å². The summed E-state index contributed by atoms with van der Waals surface area (Å²) in [5, 5.41) is 3.72. The molecule has 4 heterocycles. The van der Waals surface area contributed by atoms with Crippen LogP contribution in [0.4, 0.5) is 5.95 Å². The van der Waals surface area contributed by atoms with E-state index < -0.39 is 0 Å². The van der Waals surface area contributed by atoms with Crippen LogP contribution in [-0.4, -0.2) is 40.1 Å². The van der Waals surface area contributed by atoms with Gasteiger partial charge in [-0.15, -0.1) is 0 Å². The standard InChI is InChI=1S/C16H26N4/c1-12-10-20(15-11-19-8-6-13(15)7-9-19)16(17-12)18-14-4-2-3-5-14/h10,13-15H,2-9,11H2,1H3,(H,17,18). The van der Waals surface area contributed by atoms with Gasteiger partial charge < -0.3 is 14.8 Å². The number of aryl methyl sites for hydroxylation is 1. The lowest BCUT2D eigenvalue weighted by Crippen LogP contribution is -2.48. The van der Waals surface area contributed by atoms with Crippen LogP contribution < -0.4 is 5.32 Å². The molecule has 1 aromatic heterocycles. The van der Waals surface area contributed by atoms with Crippen LogP contribution in [0, 0.1) is 12.8 Å². The molecule has 20 heavy (non-hydrogen) atoms. The summed E-state index contributed by atoms with van der Waals surface area (Å²) in [4.78, 5) is 7.39. The van der Waals surface area contributed by atoms with Gasteiger partial charge in [-0.3, -0.25) is 0 Å². The summed E-state index contributed by atoms with van der Waals surface area (Å²) >= 11 is 0. The van der Waals surface area contributed by atoms with E-state index in [-0.39, 0.29) is 0 Å². The van der Waals surface area contributed by atoms with Crippen LogP contribution in [0.15, 0.2) is 6.20 Å². The van der Waals surface area contributed by atoms with Gasteiger partial charge in [0.1, 0.15) is 0 Å². The van der Waals surface area contributed by atoms with E-state index in [0.29, 0.717) is 12.1 Å². The van der Waals surface area contributed by atoms with Gasteiger partial charge in [0.2, 0.25) is 5.95 Å². The van der Waals surface area contributed by atoms with Gasteiger partial charge in [0.05, 0.1) is 11.7 Å². The Balaban J connectivity index is 1.57. The lowest BCUT2D eigenvalue weighted by Gasteiger charge is -2.45. The van der Waals surface area contributed by atoms with Gasteiger partial charge in [-0.1, -0.05) is 12.8 Å². The van der Waals surface area contributed by atoms with Crippen molar-refractivity contribution in [1.29, 1.82) is 0 Å². The van der Waals surface area contributed by atoms with E-state index in [4.69, 9.17) is 4.98 Å². The molecule has 0 aromatic carbocycles. The van der Waals surface area contributed by atoms with E-state index in [1.54, 1.807) is 0 Å². The number of hydrogen-bond donors (Lipinski definition) is 1. The summed E-state index contributed by atoms with van der Waals surface area (Å²) in [5.74, 6) is 1.99. The lowest BCUT2D eigenvalue weighted by atomic mass is 9.84. The van der Waals surface area contributed by atoms with Gasteiger partial charge in [0.25, 0.3) is 0 Å². The van der Waals surface area contributed by atoms with Crippen molar-refractivity contribution in [2.24, 2.45) is 5.92 Å². The first-order valence-electron chi connectivity index (χ1n) is 8.34. The van der Waals surface area contributed by atoms with E-state index >= 15 is 0 Å². The summed E-state index contributed by atoms with van der Waals surface area (Å²) in [6.45, 7) is 5.96. The lowest BCUT2D eigenvalue weighted by molar-refractivity contribution is 0.0578. The molecular formula is C16H26N4. The molecule has 4 heteroatoms. The number of nitrogens with zero attached hydrogens (tertiary/aromatic N) is 3. The first kappa shape index (κ1) is 12.7. The highest BCUT2D eigenvalue weighted by Crippen LogP contribution is 2.37. The van der Waals surface area contributed by atoms with E-state index in [1.165, 1.54) is 58.2 Å². The maximum absolute atomic E-state index is 4.77. The van der Waals surface area contributed by atoms with Crippen molar-refractivity contribution in [1.82, 2.24) is 14.5 Å². The number of anilines is 1. The molecule has 0 radical (unpaired) electrons. The molecule has 1 aliphatic carbocycles. The summed E-state index contributed by atoms with van der Waals surface area (Å²) in [5.41, 5.74) is 1.15. The number of piperidine rings is 3. The molecule has 110 valence electrons. The Hall–Kier alpha value is -1.03. The van der Waals surface area contributed by atoms with E-state index in [0.717, 1.165) is 17.6 Å². The number of nitrogens with one attached hydrogen (secondary N) is 1. The fraction of sp³-hybridized carbons (Fsp3) is 0.812. The van der Waals surface area contributed by atoms with Crippen LogP contribution >= 0.6 is 0 Å². The molecule has 1 unspecified atom stereocenters. The van der Waals surface area contributed by atoms with Crippen LogP contribution in [-0.2, 0) is 0 Å². The molecule has 3 saturated heterocycles.